The van der Waals surface area contributed by atoms with Crippen molar-refractivity contribution in [3.63, 3.8) is 0 Å². The van der Waals surface area contributed by atoms with Gasteiger partial charge in [-0.25, -0.2) is 0 Å². The van der Waals surface area contributed by atoms with E-state index in [1.54, 1.807) is 13.0 Å². The van der Waals surface area contributed by atoms with Crippen LogP contribution in [0, 0.1) is 0 Å². The summed E-state index contributed by atoms with van der Waals surface area (Å²) in [5.41, 5.74) is 8.02. The molecule has 4 heteroatoms. The molecule has 0 aromatic heterocycles. The third-order valence-corrected chi connectivity index (χ3v) is 6.04. The maximum Gasteiger partial charge on any atom is 0.0782 e. The van der Waals surface area contributed by atoms with Crippen molar-refractivity contribution >= 4 is 23.0 Å². The van der Waals surface area contributed by atoms with E-state index in [0.29, 0.717) is 5.02 Å². The summed E-state index contributed by atoms with van der Waals surface area (Å²) in [5, 5.41) is 11.0. The average Bonchev–Trinajstić information content (AvgIpc) is 2.79. The number of hydrogen-bond acceptors (Lipinski definition) is 3. The quantitative estimate of drug-likeness (QED) is 0.253. The SMILES string of the molecule is C=C/C=C(/C)C(=C)C(CC)=N/C=C/C(C)=C(C)C(=CC)N(c1ccc(Cl)cc1C(C)O)C(C)C. The Labute approximate surface area is 212 Å². The minimum atomic E-state index is -0.633. The van der Waals surface area contributed by atoms with Crippen LogP contribution in [0.5, 0.6) is 0 Å². The van der Waals surface area contributed by atoms with Crippen LogP contribution in [0.3, 0.4) is 0 Å². The Morgan fingerprint density at radius 2 is 1.85 bits per heavy atom. The minimum absolute atomic E-state index is 0.171. The summed E-state index contributed by atoms with van der Waals surface area (Å²) in [5.74, 6) is 0. The van der Waals surface area contributed by atoms with Gasteiger partial charge in [-0.05, 0) is 101 Å². The summed E-state index contributed by atoms with van der Waals surface area (Å²) >= 11 is 6.24. The zero-order valence-corrected chi connectivity index (χ0v) is 22.9. The maximum absolute atomic E-state index is 10.4. The van der Waals surface area contributed by atoms with Gasteiger partial charge in [0.1, 0.15) is 0 Å². The maximum atomic E-state index is 10.4. The van der Waals surface area contributed by atoms with Crippen LogP contribution in [0.2, 0.25) is 5.02 Å². The Balaban J connectivity index is 3.43. The lowest BCUT2D eigenvalue weighted by molar-refractivity contribution is 0.199. The van der Waals surface area contributed by atoms with Crippen molar-refractivity contribution < 1.29 is 5.11 Å². The predicted octanol–water partition coefficient (Wildman–Crippen LogP) is 8.90. The van der Waals surface area contributed by atoms with Crippen LogP contribution in [-0.2, 0) is 0 Å². The van der Waals surface area contributed by atoms with Crippen LogP contribution in [0.15, 0.2) is 94.8 Å². The van der Waals surface area contributed by atoms with Gasteiger partial charge in [0.05, 0.1) is 6.10 Å². The standard InChI is InChI=1S/C30H41ClN2O/c1-11-14-21(6)23(8)28(12-2)32-18-17-22(7)24(9)29(13-3)33(20(4)5)30-16-15-26(31)19-27(30)25(10)34/h11,13-20,25,34H,1,8,12H2,2-7,9-10H3/b18-17+,21-14-,24-22?,29-13?,32-28?. The van der Waals surface area contributed by atoms with Crippen molar-refractivity contribution in [1.29, 1.82) is 0 Å². The first kappa shape index (κ1) is 29.4. The highest BCUT2D eigenvalue weighted by Crippen LogP contribution is 2.35. The number of anilines is 1. The summed E-state index contributed by atoms with van der Waals surface area (Å²) < 4.78 is 0. The summed E-state index contributed by atoms with van der Waals surface area (Å²) in [6.07, 6.45) is 9.87. The van der Waals surface area contributed by atoms with Crippen LogP contribution in [-0.4, -0.2) is 16.9 Å². The lowest BCUT2D eigenvalue weighted by atomic mass is 10.0. The second-order valence-corrected chi connectivity index (χ2v) is 9.07. The fraction of sp³-hybridized carbons (Fsp3) is 0.367. The van der Waals surface area contributed by atoms with Gasteiger partial charge in [0.15, 0.2) is 0 Å². The van der Waals surface area contributed by atoms with Crippen molar-refractivity contribution in [2.75, 3.05) is 4.90 Å². The summed E-state index contributed by atoms with van der Waals surface area (Å²) in [7, 11) is 0. The number of aliphatic hydroxyl groups excluding tert-OH is 1. The molecule has 0 saturated heterocycles. The van der Waals surface area contributed by atoms with Crippen LogP contribution >= 0.6 is 11.6 Å². The number of aliphatic hydroxyl groups is 1. The summed E-state index contributed by atoms with van der Waals surface area (Å²) in [6, 6.07) is 5.86. The zero-order valence-electron chi connectivity index (χ0n) is 22.1. The lowest BCUT2D eigenvalue weighted by Gasteiger charge is -2.34. The predicted molar refractivity (Wildman–Crippen MR) is 152 cm³/mol. The number of allylic oxidation sites excluding steroid dienone is 8. The molecule has 0 bridgehead atoms. The molecule has 1 aromatic carbocycles. The first-order valence-electron chi connectivity index (χ1n) is 11.8. The number of nitrogens with zero attached hydrogens (tertiary/aromatic N) is 2. The van der Waals surface area contributed by atoms with Crippen molar-refractivity contribution in [1.82, 2.24) is 0 Å². The molecule has 0 aliphatic rings. The fourth-order valence-corrected chi connectivity index (χ4v) is 3.94. The number of aliphatic imine (C=N–C) groups is 1. The van der Waals surface area contributed by atoms with Gasteiger partial charge in [-0.15, -0.1) is 0 Å². The van der Waals surface area contributed by atoms with Gasteiger partial charge in [-0.2, -0.15) is 0 Å². The Morgan fingerprint density at radius 1 is 1.21 bits per heavy atom. The number of hydrogen-bond donors (Lipinski definition) is 1. The molecule has 1 rings (SSSR count). The average molecular weight is 481 g/mol. The normalized spacial score (nSPS) is 15.0. The molecule has 0 radical (unpaired) electrons. The van der Waals surface area contributed by atoms with E-state index in [1.807, 2.05) is 50.4 Å². The molecular weight excluding hydrogens is 440 g/mol. The van der Waals surface area contributed by atoms with Crippen molar-refractivity contribution in [3.05, 3.63) is 100 Å². The van der Waals surface area contributed by atoms with Gasteiger partial charge in [-0.3, -0.25) is 4.99 Å². The Kier molecular flexibility index (Phi) is 12.1. The van der Waals surface area contributed by atoms with Gasteiger partial charge < -0.3 is 10.0 Å². The van der Waals surface area contributed by atoms with E-state index < -0.39 is 6.10 Å². The molecule has 1 atom stereocenters. The van der Waals surface area contributed by atoms with Crippen LogP contribution in [0.1, 0.15) is 73.5 Å². The van der Waals surface area contributed by atoms with E-state index in [0.717, 1.165) is 51.4 Å². The van der Waals surface area contributed by atoms with Crippen LogP contribution < -0.4 is 4.90 Å². The van der Waals surface area contributed by atoms with E-state index in [-0.39, 0.29) is 6.04 Å². The Morgan fingerprint density at radius 3 is 2.35 bits per heavy atom. The van der Waals surface area contributed by atoms with Crippen molar-refractivity contribution in [3.8, 4) is 0 Å². The molecule has 1 N–H and O–H groups in total. The fourth-order valence-electron chi connectivity index (χ4n) is 3.76. The van der Waals surface area contributed by atoms with Gasteiger partial charge in [-0.1, -0.05) is 49.9 Å². The molecule has 3 nitrogen and oxygen atoms in total. The molecule has 0 aliphatic carbocycles. The topological polar surface area (TPSA) is 35.8 Å². The van der Waals surface area contributed by atoms with Gasteiger partial charge >= 0.3 is 0 Å². The number of rotatable bonds is 11. The third-order valence-electron chi connectivity index (χ3n) is 5.81. The first-order valence-corrected chi connectivity index (χ1v) is 12.2. The Hall–Kier alpha value is -2.62. The van der Waals surface area contributed by atoms with Crippen molar-refractivity contribution in [2.45, 2.75) is 74.0 Å². The molecular formula is C30H41ClN2O. The Bertz CT molecular complexity index is 1040. The van der Waals surface area contributed by atoms with E-state index in [4.69, 9.17) is 11.6 Å². The molecule has 1 aromatic rings. The van der Waals surface area contributed by atoms with E-state index in [2.05, 4.69) is 63.7 Å². The number of halogens is 1. The highest BCUT2D eigenvalue weighted by molar-refractivity contribution is 6.30. The summed E-state index contributed by atoms with van der Waals surface area (Å²) in [4.78, 5) is 6.93. The van der Waals surface area contributed by atoms with Crippen molar-refractivity contribution in [2.24, 2.45) is 4.99 Å². The molecule has 1 unspecified atom stereocenters. The minimum Gasteiger partial charge on any atom is -0.389 e. The zero-order chi connectivity index (χ0) is 26.0. The molecule has 184 valence electrons. The smallest absolute Gasteiger partial charge is 0.0782 e. The van der Waals surface area contributed by atoms with Gasteiger partial charge in [0, 0.05) is 39.9 Å². The van der Waals surface area contributed by atoms with Gasteiger partial charge in [0.2, 0.25) is 0 Å². The second-order valence-electron chi connectivity index (χ2n) is 8.63. The van der Waals surface area contributed by atoms with E-state index in [1.165, 1.54) is 0 Å². The second kappa shape index (κ2) is 13.9. The van der Waals surface area contributed by atoms with E-state index in [9.17, 15) is 5.11 Å². The molecule has 0 aliphatic heterocycles. The third kappa shape index (κ3) is 7.72. The highest BCUT2D eigenvalue weighted by Gasteiger charge is 2.22. The molecule has 0 amide bonds. The van der Waals surface area contributed by atoms with Gasteiger partial charge in [0.25, 0.3) is 0 Å². The molecule has 0 fully saturated rings. The number of benzene rings is 1. The largest absolute Gasteiger partial charge is 0.389 e. The summed E-state index contributed by atoms with van der Waals surface area (Å²) in [6.45, 7) is 24.3. The monoisotopic (exact) mass is 480 g/mol. The molecule has 0 spiro atoms. The van der Waals surface area contributed by atoms with Crippen LogP contribution in [0.4, 0.5) is 5.69 Å². The molecule has 0 heterocycles. The lowest BCUT2D eigenvalue weighted by Crippen LogP contribution is -2.32. The molecule has 34 heavy (non-hydrogen) atoms. The highest BCUT2D eigenvalue weighted by atomic mass is 35.5. The van der Waals surface area contributed by atoms with Crippen LogP contribution in [0.25, 0.3) is 0 Å². The molecule has 0 saturated carbocycles. The first-order chi connectivity index (χ1) is 16.0. The van der Waals surface area contributed by atoms with E-state index >= 15 is 0 Å².